The molecule has 11 heteroatoms. The number of alkyl halides is 3. The van der Waals surface area contributed by atoms with E-state index in [-0.39, 0.29) is 35.7 Å². The van der Waals surface area contributed by atoms with Gasteiger partial charge in [-0.2, -0.15) is 0 Å². The van der Waals surface area contributed by atoms with Gasteiger partial charge in [-0.3, -0.25) is 9.59 Å². The number of hydrogen-bond acceptors (Lipinski definition) is 4. The average Bonchev–Trinajstić information content (AvgIpc) is 2.91. The van der Waals surface area contributed by atoms with Crippen LogP contribution in [-0.2, 0) is 11.3 Å². The fourth-order valence-electron chi connectivity index (χ4n) is 4.42. The third-order valence-electron chi connectivity index (χ3n) is 6.55. The Morgan fingerprint density at radius 1 is 0.952 bits per heavy atom. The highest BCUT2D eigenvalue weighted by Crippen LogP contribution is 2.35. The molecule has 1 aromatic heterocycles. The first-order chi connectivity index (χ1) is 19.9. The second-order valence-corrected chi connectivity index (χ2v) is 9.75. The van der Waals surface area contributed by atoms with Crippen LogP contribution in [0.2, 0.25) is 0 Å². The number of nitrogens with one attached hydrogen (secondary N) is 2. The summed E-state index contributed by atoms with van der Waals surface area (Å²) < 4.78 is 45.7. The number of carboxylic acid groups (broad SMARTS) is 1. The zero-order chi connectivity index (χ0) is 30.4. The molecule has 8 nitrogen and oxygen atoms in total. The van der Waals surface area contributed by atoms with E-state index in [0.29, 0.717) is 5.69 Å². The summed E-state index contributed by atoms with van der Waals surface area (Å²) in [4.78, 5) is 36.9. The number of aryl methyl sites for hydroxylation is 1. The maximum absolute atomic E-state index is 13.4. The second-order valence-electron chi connectivity index (χ2n) is 9.75. The topological polar surface area (TPSA) is 110 Å². The van der Waals surface area contributed by atoms with Crippen molar-refractivity contribution in [3.63, 3.8) is 0 Å². The summed E-state index contributed by atoms with van der Waals surface area (Å²) in [7, 11) is 0. The number of hydrogen-bond donors (Lipinski definition) is 3. The first-order valence-electron chi connectivity index (χ1n) is 12.9. The molecule has 1 atom stereocenters. The number of ether oxygens (including phenoxy) is 1. The lowest BCUT2D eigenvalue weighted by atomic mass is 9.97. The standard InChI is InChI=1S/C31H28F3N3O5/c1-19-6-3-4-8-26(19)36-30(41)35-23-13-14-24(27(17-23)42-31(32,33)34)25-7-5-15-37(29(25)40)18-21-9-11-22(12-10-21)20(2)16-28(38)39/h3-15,17,20H,16,18H2,1-2H3,(H,38,39)(H2,35,36,41)/t20-/m1/s1. The van der Waals surface area contributed by atoms with Gasteiger partial charge in [-0.25, -0.2) is 4.79 Å². The first kappa shape index (κ1) is 29.9. The SMILES string of the molecule is Cc1ccccc1NC(=O)Nc1ccc(-c2cccn(Cc3ccc([C@H](C)CC(=O)O)cc3)c2=O)c(OC(F)(F)F)c1. The van der Waals surface area contributed by atoms with Crippen LogP contribution in [0, 0.1) is 6.92 Å². The van der Waals surface area contributed by atoms with Crippen molar-refractivity contribution in [2.24, 2.45) is 0 Å². The fraction of sp³-hybridized carbons (Fsp3) is 0.194. The average molecular weight is 580 g/mol. The van der Waals surface area contributed by atoms with Gasteiger partial charge >= 0.3 is 18.4 Å². The number of aromatic nitrogens is 1. The minimum absolute atomic E-state index is 0.0190. The molecule has 42 heavy (non-hydrogen) atoms. The lowest BCUT2D eigenvalue weighted by Gasteiger charge is -2.16. The van der Waals surface area contributed by atoms with E-state index in [1.54, 1.807) is 68.4 Å². The highest BCUT2D eigenvalue weighted by molar-refractivity contribution is 6.00. The summed E-state index contributed by atoms with van der Waals surface area (Å²) in [5.74, 6) is -1.75. The zero-order valence-electron chi connectivity index (χ0n) is 22.7. The molecule has 0 aliphatic carbocycles. The number of anilines is 2. The molecule has 4 rings (SSSR count). The van der Waals surface area contributed by atoms with Crippen molar-refractivity contribution >= 4 is 23.4 Å². The van der Waals surface area contributed by atoms with E-state index in [1.165, 1.54) is 29.0 Å². The van der Waals surface area contributed by atoms with Crippen LogP contribution < -0.4 is 20.9 Å². The number of pyridine rings is 1. The second kappa shape index (κ2) is 12.6. The number of carbonyl (C=O) groups excluding carboxylic acids is 1. The molecule has 0 spiro atoms. The van der Waals surface area contributed by atoms with E-state index >= 15 is 0 Å². The van der Waals surface area contributed by atoms with E-state index < -0.39 is 29.7 Å². The lowest BCUT2D eigenvalue weighted by molar-refractivity contribution is -0.274. The summed E-state index contributed by atoms with van der Waals surface area (Å²) >= 11 is 0. The van der Waals surface area contributed by atoms with Crippen molar-refractivity contribution in [1.29, 1.82) is 0 Å². The van der Waals surface area contributed by atoms with E-state index in [1.807, 2.05) is 0 Å². The van der Waals surface area contributed by atoms with Gasteiger partial charge < -0.3 is 25.0 Å². The van der Waals surface area contributed by atoms with Crippen molar-refractivity contribution < 1.29 is 32.6 Å². The van der Waals surface area contributed by atoms with Crippen LogP contribution in [-0.4, -0.2) is 28.0 Å². The first-order valence-corrected chi connectivity index (χ1v) is 12.9. The van der Waals surface area contributed by atoms with Crippen LogP contribution >= 0.6 is 0 Å². The van der Waals surface area contributed by atoms with Crippen molar-refractivity contribution in [3.8, 4) is 16.9 Å². The van der Waals surface area contributed by atoms with Crippen LogP contribution in [0.4, 0.5) is 29.3 Å². The quantitative estimate of drug-likeness (QED) is 0.198. The van der Waals surface area contributed by atoms with Gasteiger partial charge in [0, 0.05) is 29.2 Å². The van der Waals surface area contributed by atoms with Crippen LogP contribution in [0.15, 0.2) is 89.9 Å². The number of benzene rings is 3. The molecule has 3 aromatic carbocycles. The maximum atomic E-state index is 13.4. The summed E-state index contributed by atoms with van der Waals surface area (Å²) in [6, 6.07) is 20.1. The van der Waals surface area contributed by atoms with Crippen molar-refractivity contribution in [2.75, 3.05) is 10.6 Å². The number of carbonyl (C=O) groups is 2. The van der Waals surface area contributed by atoms with Gasteiger partial charge in [0.1, 0.15) is 5.75 Å². The summed E-state index contributed by atoms with van der Waals surface area (Å²) in [5, 5.41) is 14.1. The van der Waals surface area contributed by atoms with Gasteiger partial charge in [0.05, 0.1) is 18.5 Å². The molecule has 0 radical (unpaired) electrons. The molecule has 218 valence electrons. The minimum Gasteiger partial charge on any atom is -0.481 e. The Morgan fingerprint density at radius 2 is 1.67 bits per heavy atom. The number of urea groups is 1. The van der Waals surface area contributed by atoms with Crippen molar-refractivity contribution in [2.45, 2.75) is 39.1 Å². The monoisotopic (exact) mass is 579 g/mol. The van der Waals surface area contributed by atoms with Gasteiger partial charge in [-0.15, -0.1) is 13.2 Å². The van der Waals surface area contributed by atoms with E-state index in [2.05, 4.69) is 15.4 Å². The van der Waals surface area contributed by atoms with Gasteiger partial charge in [-0.1, -0.05) is 49.4 Å². The normalized spacial score (nSPS) is 11.9. The number of amides is 2. The molecule has 0 saturated heterocycles. The fourth-order valence-corrected chi connectivity index (χ4v) is 4.42. The zero-order valence-corrected chi connectivity index (χ0v) is 22.7. The third-order valence-corrected chi connectivity index (χ3v) is 6.55. The summed E-state index contributed by atoms with van der Waals surface area (Å²) in [6.45, 7) is 3.73. The Labute approximate surface area is 239 Å². The number of halogens is 3. The van der Waals surface area contributed by atoms with Crippen LogP contribution in [0.5, 0.6) is 5.75 Å². The summed E-state index contributed by atoms with van der Waals surface area (Å²) in [5.41, 5.74) is 2.25. The third kappa shape index (κ3) is 7.78. The molecular weight excluding hydrogens is 551 g/mol. The Hall–Kier alpha value is -5.06. The molecule has 0 unspecified atom stereocenters. The molecule has 0 bridgehead atoms. The molecule has 3 N–H and O–H groups in total. The maximum Gasteiger partial charge on any atom is 0.573 e. The smallest absolute Gasteiger partial charge is 0.481 e. The Bertz CT molecular complexity index is 1650. The van der Waals surface area contributed by atoms with Crippen LogP contribution in [0.1, 0.15) is 36.0 Å². The molecule has 0 aliphatic heterocycles. The Morgan fingerprint density at radius 3 is 2.33 bits per heavy atom. The number of carboxylic acids is 1. The highest BCUT2D eigenvalue weighted by atomic mass is 19.4. The van der Waals surface area contributed by atoms with Gasteiger partial charge in [0.2, 0.25) is 0 Å². The van der Waals surface area contributed by atoms with Gasteiger partial charge in [0.25, 0.3) is 5.56 Å². The molecular formula is C31H28F3N3O5. The molecule has 0 aliphatic rings. The number of aliphatic carboxylic acids is 1. The number of para-hydroxylation sites is 1. The Balaban J connectivity index is 1.59. The lowest BCUT2D eigenvalue weighted by Crippen LogP contribution is -2.23. The molecule has 0 fully saturated rings. The van der Waals surface area contributed by atoms with Gasteiger partial charge in [-0.05, 0) is 59.9 Å². The molecule has 1 heterocycles. The predicted octanol–water partition coefficient (Wildman–Crippen LogP) is 6.99. The van der Waals surface area contributed by atoms with Gasteiger partial charge in [0.15, 0.2) is 0 Å². The molecule has 2 amide bonds. The van der Waals surface area contributed by atoms with E-state index in [0.717, 1.165) is 22.8 Å². The largest absolute Gasteiger partial charge is 0.573 e. The van der Waals surface area contributed by atoms with E-state index in [9.17, 15) is 27.6 Å². The van der Waals surface area contributed by atoms with Crippen molar-refractivity contribution in [3.05, 3.63) is 112 Å². The number of rotatable bonds is 9. The predicted molar refractivity (Wildman–Crippen MR) is 153 cm³/mol. The number of nitrogens with zero attached hydrogens (tertiary/aromatic N) is 1. The minimum atomic E-state index is -5.05. The molecule has 4 aromatic rings. The highest BCUT2D eigenvalue weighted by Gasteiger charge is 2.33. The molecule has 0 saturated carbocycles. The van der Waals surface area contributed by atoms with Crippen LogP contribution in [0.3, 0.4) is 0 Å². The Kier molecular flexibility index (Phi) is 8.99. The van der Waals surface area contributed by atoms with E-state index in [4.69, 9.17) is 5.11 Å². The van der Waals surface area contributed by atoms with Crippen LogP contribution in [0.25, 0.3) is 11.1 Å². The van der Waals surface area contributed by atoms with Crippen molar-refractivity contribution in [1.82, 2.24) is 4.57 Å². The summed E-state index contributed by atoms with van der Waals surface area (Å²) in [6.07, 6.45) is -3.55.